The first kappa shape index (κ1) is 23.0. The molecule has 1 aromatic carbocycles. The van der Waals surface area contributed by atoms with Crippen molar-refractivity contribution in [3.05, 3.63) is 53.2 Å². The zero-order valence-corrected chi connectivity index (χ0v) is 19.7. The molecule has 0 N–H and O–H groups in total. The van der Waals surface area contributed by atoms with Crippen LogP contribution in [0.25, 0.3) is 0 Å². The summed E-state index contributed by atoms with van der Waals surface area (Å²) in [6.45, 7) is 6.82. The number of halogens is 1. The fourth-order valence-electron chi connectivity index (χ4n) is 4.12. The van der Waals surface area contributed by atoms with Gasteiger partial charge in [0.1, 0.15) is 5.82 Å². The summed E-state index contributed by atoms with van der Waals surface area (Å²) in [6, 6.07) is 9.89. The number of amides is 1. The zero-order chi connectivity index (χ0) is 22.9. The molecule has 2 unspecified atom stereocenters. The van der Waals surface area contributed by atoms with Crippen molar-refractivity contribution in [2.45, 2.75) is 31.0 Å². The topological polar surface area (TPSA) is 83.1 Å². The first-order valence-corrected chi connectivity index (χ1v) is 12.5. The van der Waals surface area contributed by atoms with Gasteiger partial charge >= 0.3 is 0 Å². The Bertz CT molecular complexity index is 1040. The molecule has 0 bridgehead atoms. The summed E-state index contributed by atoms with van der Waals surface area (Å²) in [5.41, 5.74) is 0.478. The Morgan fingerprint density at radius 2 is 1.62 bits per heavy atom. The Morgan fingerprint density at radius 3 is 2.19 bits per heavy atom. The van der Waals surface area contributed by atoms with Gasteiger partial charge in [-0.1, -0.05) is 11.6 Å². The highest BCUT2D eigenvalue weighted by Crippen LogP contribution is 2.22. The van der Waals surface area contributed by atoms with E-state index in [1.165, 1.54) is 16.4 Å². The number of anilines is 1. The lowest BCUT2D eigenvalue weighted by Crippen LogP contribution is -2.49. The summed E-state index contributed by atoms with van der Waals surface area (Å²) >= 11 is 5.90. The van der Waals surface area contributed by atoms with Crippen LogP contribution in [0.4, 0.5) is 5.82 Å². The maximum Gasteiger partial charge on any atom is 0.253 e. The lowest BCUT2D eigenvalue weighted by molar-refractivity contribution is -0.0440. The minimum absolute atomic E-state index is 0.105. The molecule has 3 heterocycles. The van der Waals surface area contributed by atoms with E-state index in [4.69, 9.17) is 16.3 Å². The normalized spacial score (nSPS) is 22.7. The Balaban J connectivity index is 1.40. The number of aromatic nitrogens is 1. The molecule has 4 rings (SSSR count). The summed E-state index contributed by atoms with van der Waals surface area (Å²) < 4.78 is 33.1. The number of hydrogen-bond acceptors (Lipinski definition) is 6. The van der Waals surface area contributed by atoms with E-state index >= 15 is 0 Å². The number of ether oxygens (including phenoxy) is 1. The molecule has 8 nitrogen and oxygen atoms in total. The molecule has 0 radical (unpaired) electrons. The van der Waals surface area contributed by atoms with Gasteiger partial charge in [-0.15, -0.1) is 0 Å². The van der Waals surface area contributed by atoms with Crippen LogP contribution < -0.4 is 4.90 Å². The summed E-state index contributed by atoms with van der Waals surface area (Å²) in [5.74, 6) is 0.731. The van der Waals surface area contributed by atoms with Crippen LogP contribution in [0, 0.1) is 0 Å². The predicted molar refractivity (Wildman–Crippen MR) is 123 cm³/mol. The summed E-state index contributed by atoms with van der Waals surface area (Å²) in [4.78, 5) is 21.3. The highest BCUT2D eigenvalue weighted by Gasteiger charge is 2.32. The average molecular weight is 479 g/mol. The van der Waals surface area contributed by atoms with Crippen LogP contribution in [-0.2, 0) is 14.8 Å². The molecule has 1 aromatic heterocycles. The van der Waals surface area contributed by atoms with E-state index in [1.807, 2.05) is 19.9 Å². The number of rotatable bonds is 4. The van der Waals surface area contributed by atoms with E-state index in [0.717, 1.165) is 5.82 Å². The highest BCUT2D eigenvalue weighted by molar-refractivity contribution is 7.89. The van der Waals surface area contributed by atoms with Gasteiger partial charge in [-0.05, 0) is 50.2 Å². The molecule has 2 atom stereocenters. The van der Waals surface area contributed by atoms with E-state index in [0.29, 0.717) is 49.9 Å². The molecule has 10 heteroatoms. The third-order valence-electron chi connectivity index (χ3n) is 5.73. The molecule has 0 saturated carbocycles. The molecule has 2 aromatic rings. The Morgan fingerprint density at radius 1 is 1.00 bits per heavy atom. The fraction of sp³-hybridized carbons (Fsp3) is 0.455. The molecule has 2 saturated heterocycles. The fourth-order valence-corrected chi connectivity index (χ4v) is 5.82. The van der Waals surface area contributed by atoms with E-state index in [9.17, 15) is 13.2 Å². The number of pyridine rings is 1. The quantitative estimate of drug-likeness (QED) is 0.671. The van der Waals surface area contributed by atoms with Gasteiger partial charge in [-0.25, -0.2) is 13.4 Å². The van der Waals surface area contributed by atoms with Gasteiger partial charge < -0.3 is 14.5 Å². The van der Waals surface area contributed by atoms with Crippen molar-refractivity contribution in [1.29, 1.82) is 0 Å². The van der Waals surface area contributed by atoms with Gasteiger partial charge in [0.25, 0.3) is 5.91 Å². The number of nitrogens with zero attached hydrogens (tertiary/aromatic N) is 4. The average Bonchev–Trinajstić information content (AvgIpc) is 2.79. The van der Waals surface area contributed by atoms with Crippen molar-refractivity contribution in [3.63, 3.8) is 0 Å². The number of sulfonamides is 1. The summed E-state index contributed by atoms with van der Waals surface area (Å²) in [7, 11) is -3.63. The second kappa shape index (κ2) is 9.35. The third kappa shape index (κ3) is 4.91. The second-order valence-corrected chi connectivity index (χ2v) is 10.6. The molecular formula is C22H27ClN4O4S. The van der Waals surface area contributed by atoms with Gasteiger partial charge in [0.05, 0.1) is 22.1 Å². The number of benzene rings is 1. The highest BCUT2D eigenvalue weighted by atomic mass is 35.5. The first-order chi connectivity index (χ1) is 15.2. The molecular weight excluding hydrogens is 452 g/mol. The van der Waals surface area contributed by atoms with Gasteiger partial charge in [0.2, 0.25) is 10.0 Å². The SMILES string of the molecule is CC1CN(S(=O)(=O)c2ccc(C(=O)N3CCN(c4ccc(Cl)cn4)CC3)cc2)CC(C)O1. The van der Waals surface area contributed by atoms with Crippen molar-refractivity contribution in [3.8, 4) is 0 Å². The number of carbonyl (C=O) groups is 1. The van der Waals surface area contributed by atoms with Crippen LogP contribution in [0.15, 0.2) is 47.5 Å². The molecule has 0 aliphatic carbocycles. The smallest absolute Gasteiger partial charge is 0.253 e. The molecule has 2 aliphatic rings. The van der Waals surface area contributed by atoms with Crippen LogP contribution in [0.2, 0.25) is 5.02 Å². The summed E-state index contributed by atoms with van der Waals surface area (Å²) in [6.07, 6.45) is 1.30. The minimum Gasteiger partial charge on any atom is -0.373 e. The van der Waals surface area contributed by atoms with Crippen molar-refractivity contribution < 1.29 is 17.9 Å². The lowest BCUT2D eigenvalue weighted by atomic mass is 10.2. The van der Waals surface area contributed by atoms with Crippen molar-refractivity contribution in [1.82, 2.24) is 14.2 Å². The molecule has 1 amide bonds. The molecule has 0 spiro atoms. The number of piperazine rings is 1. The Kier molecular flexibility index (Phi) is 6.71. The Hall–Kier alpha value is -2.20. The number of carbonyl (C=O) groups excluding carboxylic acids is 1. The zero-order valence-electron chi connectivity index (χ0n) is 18.1. The van der Waals surface area contributed by atoms with Crippen LogP contribution in [0.5, 0.6) is 0 Å². The van der Waals surface area contributed by atoms with Crippen molar-refractivity contribution in [2.24, 2.45) is 0 Å². The first-order valence-electron chi connectivity index (χ1n) is 10.7. The monoisotopic (exact) mass is 478 g/mol. The van der Waals surface area contributed by atoms with Crippen LogP contribution >= 0.6 is 11.6 Å². The van der Waals surface area contributed by atoms with E-state index in [2.05, 4.69) is 9.88 Å². The van der Waals surface area contributed by atoms with Gasteiger partial charge in [0.15, 0.2) is 0 Å². The van der Waals surface area contributed by atoms with Crippen molar-refractivity contribution in [2.75, 3.05) is 44.2 Å². The van der Waals surface area contributed by atoms with E-state index in [1.54, 1.807) is 29.3 Å². The van der Waals surface area contributed by atoms with E-state index in [-0.39, 0.29) is 23.0 Å². The number of hydrogen-bond donors (Lipinski definition) is 0. The molecule has 32 heavy (non-hydrogen) atoms. The third-order valence-corrected chi connectivity index (χ3v) is 7.80. The molecule has 2 aliphatic heterocycles. The maximum atomic E-state index is 13.0. The number of morpholine rings is 1. The second-order valence-electron chi connectivity index (χ2n) is 8.22. The standard InChI is InChI=1S/C22H27ClN4O4S/c1-16-14-27(15-17(2)31-16)32(29,30)20-6-3-18(4-7-20)22(28)26-11-9-25(10-12-26)21-8-5-19(23)13-24-21/h3-8,13,16-17H,9-12,14-15H2,1-2H3. The largest absolute Gasteiger partial charge is 0.373 e. The summed E-state index contributed by atoms with van der Waals surface area (Å²) in [5, 5.41) is 0.589. The minimum atomic E-state index is -3.63. The van der Waals surface area contributed by atoms with Crippen LogP contribution in [-0.4, -0.2) is 80.0 Å². The van der Waals surface area contributed by atoms with Gasteiger partial charge in [-0.3, -0.25) is 4.79 Å². The van der Waals surface area contributed by atoms with Crippen molar-refractivity contribution >= 4 is 33.3 Å². The predicted octanol–water partition coefficient (Wildman–Crippen LogP) is 2.50. The Labute approximate surface area is 193 Å². The maximum absolute atomic E-state index is 13.0. The van der Waals surface area contributed by atoms with Gasteiger partial charge in [-0.2, -0.15) is 4.31 Å². The molecule has 2 fully saturated rings. The lowest BCUT2D eigenvalue weighted by Gasteiger charge is -2.35. The molecule has 172 valence electrons. The van der Waals surface area contributed by atoms with Crippen LogP contribution in [0.3, 0.4) is 0 Å². The van der Waals surface area contributed by atoms with E-state index < -0.39 is 10.0 Å². The van der Waals surface area contributed by atoms with Gasteiger partial charge in [0, 0.05) is 51.0 Å². The van der Waals surface area contributed by atoms with Crippen LogP contribution in [0.1, 0.15) is 24.2 Å².